The molecule has 1 heterocycles. The molecule has 0 saturated carbocycles. The second kappa shape index (κ2) is 8.31. The molecule has 2 N–H and O–H groups in total. The molecule has 20 heavy (non-hydrogen) atoms. The number of nitrogens with one attached hydrogen (secondary N) is 1. The highest BCUT2D eigenvalue weighted by molar-refractivity contribution is 7.10. The molecular weight excluding hydrogens is 282 g/mol. The number of aliphatic carboxylic acids is 1. The van der Waals surface area contributed by atoms with Crippen molar-refractivity contribution >= 4 is 29.2 Å². The summed E-state index contributed by atoms with van der Waals surface area (Å²) < 4.78 is 4.72. The van der Waals surface area contributed by atoms with E-state index in [2.05, 4.69) is 5.32 Å². The first-order chi connectivity index (χ1) is 9.52. The molecule has 7 heteroatoms. The lowest BCUT2D eigenvalue weighted by Gasteiger charge is -2.13. The first-order valence-corrected chi connectivity index (χ1v) is 7.11. The summed E-state index contributed by atoms with van der Waals surface area (Å²) in [4.78, 5) is 34.8. The van der Waals surface area contributed by atoms with Crippen LogP contribution < -0.4 is 5.32 Å². The normalized spacial score (nSPS) is 11.7. The van der Waals surface area contributed by atoms with Crippen LogP contribution in [0.25, 0.3) is 0 Å². The predicted molar refractivity (Wildman–Crippen MR) is 73.5 cm³/mol. The number of esters is 1. The molecule has 1 rings (SSSR count). The van der Waals surface area contributed by atoms with Gasteiger partial charge >= 0.3 is 11.9 Å². The highest BCUT2D eigenvalue weighted by Crippen LogP contribution is 2.09. The molecule has 6 nitrogen and oxygen atoms in total. The Morgan fingerprint density at radius 2 is 2.20 bits per heavy atom. The minimum Gasteiger partial charge on any atom is -0.480 e. The summed E-state index contributed by atoms with van der Waals surface area (Å²) in [5, 5.41) is 13.3. The molecule has 0 aromatic carbocycles. The molecule has 0 aliphatic heterocycles. The first kappa shape index (κ1) is 16.2. The van der Waals surface area contributed by atoms with E-state index in [-0.39, 0.29) is 31.8 Å². The van der Waals surface area contributed by atoms with Gasteiger partial charge in [-0.25, -0.2) is 4.79 Å². The number of amides is 1. The van der Waals surface area contributed by atoms with Crippen LogP contribution >= 0.6 is 11.3 Å². The summed E-state index contributed by atoms with van der Waals surface area (Å²) >= 11 is 1.43. The molecule has 0 aliphatic rings. The van der Waals surface area contributed by atoms with Crippen molar-refractivity contribution in [3.05, 3.63) is 22.4 Å². The number of ether oxygens (including phenoxy) is 1. The number of carboxylic acids is 1. The Morgan fingerprint density at radius 3 is 2.75 bits per heavy atom. The van der Waals surface area contributed by atoms with Crippen molar-refractivity contribution in [2.24, 2.45) is 0 Å². The Bertz CT molecular complexity index is 457. The predicted octanol–water partition coefficient (Wildman–Crippen LogP) is 1.20. The molecule has 0 spiro atoms. The second-order valence-corrected chi connectivity index (χ2v) is 5.09. The molecule has 110 valence electrons. The Kier molecular flexibility index (Phi) is 6.72. The zero-order valence-corrected chi connectivity index (χ0v) is 11.9. The molecule has 1 aromatic heterocycles. The Balaban J connectivity index is 2.44. The highest BCUT2D eigenvalue weighted by atomic mass is 32.1. The van der Waals surface area contributed by atoms with Crippen LogP contribution in [-0.4, -0.2) is 35.6 Å². The molecule has 1 aromatic rings. The van der Waals surface area contributed by atoms with E-state index in [1.165, 1.54) is 11.3 Å². The fraction of sp³-hybridized carbons (Fsp3) is 0.462. The molecule has 0 saturated heterocycles. The van der Waals surface area contributed by atoms with Gasteiger partial charge in [0.05, 0.1) is 13.0 Å². The lowest BCUT2D eigenvalue weighted by Crippen LogP contribution is -2.41. The topological polar surface area (TPSA) is 92.7 Å². The molecule has 0 bridgehead atoms. The number of thiophene rings is 1. The van der Waals surface area contributed by atoms with Crippen LogP contribution in [0.1, 0.15) is 24.6 Å². The van der Waals surface area contributed by atoms with E-state index < -0.39 is 18.0 Å². The fourth-order valence-corrected chi connectivity index (χ4v) is 2.27. The van der Waals surface area contributed by atoms with Crippen LogP contribution in [0.15, 0.2) is 17.5 Å². The Labute approximate surface area is 120 Å². The summed E-state index contributed by atoms with van der Waals surface area (Å²) in [7, 11) is 0. The first-order valence-electron chi connectivity index (χ1n) is 6.23. The highest BCUT2D eigenvalue weighted by Gasteiger charge is 2.21. The van der Waals surface area contributed by atoms with E-state index in [4.69, 9.17) is 9.84 Å². The van der Waals surface area contributed by atoms with Crippen molar-refractivity contribution in [3.8, 4) is 0 Å². The third kappa shape index (κ3) is 5.83. The van der Waals surface area contributed by atoms with Gasteiger partial charge in [-0.05, 0) is 24.8 Å². The minimum absolute atomic E-state index is 0.0182. The van der Waals surface area contributed by atoms with Crippen molar-refractivity contribution < 1.29 is 24.2 Å². The van der Waals surface area contributed by atoms with Crippen LogP contribution in [-0.2, 0) is 25.5 Å². The smallest absolute Gasteiger partial charge is 0.326 e. The van der Waals surface area contributed by atoms with Gasteiger partial charge in [0.1, 0.15) is 6.04 Å². The lowest BCUT2D eigenvalue weighted by atomic mass is 10.1. The summed E-state index contributed by atoms with van der Waals surface area (Å²) in [5.41, 5.74) is 0. The monoisotopic (exact) mass is 299 g/mol. The quantitative estimate of drug-likeness (QED) is 0.704. The Hall–Kier alpha value is -1.89. The van der Waals surface area contributed by atoms with Gasteiger partial charge in [0.15, 0.2) is 0 Å². The lowest BCUT2D eigenvalue weighted by molar-refractivity contribution is -0.145. The van der Waals surface area contributed by atoms with Crippen molar-refractivity contribution in [2.45, 2.75) is 32.2 Å². The number of hydrogen-bond donors (Lipinski definition) is 2. The van der Waals surface area contributed by atoms with Crippen molar-refractivity contribution in [3.63, 3.8) is 0 Å². The maximum Gasteiger partial charge on any atom is 0.326 e. The third-order valence-electron chi connectivity index (χ3n) is 2.49. The van der Waals surface area contributed by atoms with E-state index in [0.717, 1.165) is 4.88 Å². The van der Waals surface area contributed by atoms with Crippen molar-refractivity contribution in [1.29, 1.82) is 0 Å². The van der Waals surface area contributed by atoms with Crippen LogP contribution in [0.3, 0.4) is 0 Å². The molecule has 0 radical (unpaired) electrons. The van der Waals surface area contributed by atoms with Crippen LogP contribution in [0.4, 0.5) is 0 Å². The standard InChI is InChI=1S/C13H17NO5S/c1-2-19-12(16)6-5-10(13(17)18)14-11(15)8-9-4-3-7-20-9/h3-4,7,10H,2,5-6,8H2,1H3,(H,14,15)(H,17,18)/t10-/m0/s1. The van der Waals surface area contributed by atoms with Gasteiger partial charge in [-0.3, -0.25) is 9.59 Å². The van der Waals surface area contributed by atoms with E-state index >= 15 is 0 Å². The van der Waals surface area contributed by atoms with Crippen molar-refractivity contribution in [2.75, 3.05) is 6.61 Å². The number of hydrogen-bond acceptors (Lipinski definition) is 5. The molecular formula is C13H17NO5S. The Morgan fingerprint density at radius 1 is 1.45 bits per heavy atom. The molecule has 1 atom stereocenters. The zero-order chi connectivity index (χ0) is 15.0. The number of carbonyl (C=O) groups is 3. The van der Waals surface area contributed by atoms with Gasteiger partial charge in [0.2, 0.25) is 5.91 Å². The molecule has 0 aliphatic carbocycles. The molecule has 1 amide bonds. The maximum atomic E-state index is 11.7. The SMILES string of the molecule is CCOC(=O)CC[C@H](NC(=O)Cc1cccs1)C(=O)O. The second-order valence-electron chi connectivity index (χ2n) is 4.06. The fourth-order valence-electron chi connectivity index (χ4n) is 1.57. The largest absolute Gasteiger partial charge is 0.480 e. The summed E-state index contributed by atoms with van der Waals surface area (Å²) in [6.07, 6.45) is 0.120. The van der Waals surface area contributed by atoms with Gasteiger partial charge in [-0.2, -0.15) is 0 Å². The third-order valence-corrected chi connectivity index (χ3v) is 3.37. The van der Waals surface area contributed by atoms with Crippen LogP contribution in [0.2, 0.25) is 0 Å². The maximum absolute atomic E-state index is 11.7. The zero-order valence-electron chi connectivity index (χ0n) is 11.1. The summed E-state index contributed by atoms with van der Waals surface area (Å²) in [5.74, 6) is -2.00. The summed E-state index contributed by atoms with van der Waals surface area (Å²) in [6.45, 7) is 1.93. The summed E-state index contributed by atoms with van der Waals surface area (Å²) in [6, 6.07) is 2.55. The number of rotatable bonds is 8. The van der Waals surface area contributed by atoms with Gasteiger partial charge in [-0.15, -0.1) is 11.3 Å². The number of carbonyl (C=O) groups excluding carboxylic acids is 2. The minimum atomic E-state index is -1.16. The molecule has 0 fully saturated rings. The van der Waals surface area contributed by atoms with Gasteiger partial charge in [-0.1, -0.05) is 6.07 Å². The van der Waals surface area contributed by atoms with E-state index in [1.54, 1.807) is 13.0 Å². The molecule has 0 unspecified atom stereocenters. The van der Waals surface area contributed by atoms with Crippen LogP contribution in [0.5, 0.6) is 0 Å². The van der Waals surface area contributed by atoms with E-state index in [9.17, 15) is 14.4 Å². The van der Waals surface area contributed by atoms with E-state index in [1.807, 2.05) is 11.4 Å². The average molecular weight is 299 g/mol. The van der Waals surface area contributed by atoms with Gasteiger partial charge in [0.25, 0.3) is 0 Å². The van der Waals surface area contributed by atoms with Gasteiger partial charge < -0.3 is 15.2 Å². The van der Waals surface area contributed by atoms with Crippen LogP contribution in [0, 0.1) is 0 Å². The van der Waals surface area contributed by atoms with E-state index in [0.29, 0.717) is 0 Å². The average Bonchev–Trinajstić information content (AvgIpc) is 2.87. The number of carboxylic acid groups (broad SMARTS) is 1. The van der Waals surface area contributed by atoms with Crippen molar-refractivity contribution in [1.82, 2.24) is 5.32 Å². The van der Waals surface area contributed by atoms with Gasteiger partial charge in [0, 0.05) is 11.3 Å².